The van der Waals surface area contributed by atoms with E-state index in [1.807, 2.05) is 0 Å². The molecule has 0 heterocycles. The molecule has 0 aliphatic heterocycles. The molecular weight excluding hydrogens is 192 g/mol. The number of aldehydes is 1. The summed E-state index contributed by atoms with van der Waals surface area (Å²) in [5.41, 5.74) is 0. The lowest BCUT2D eigenvalue weighted by molar-refractivity contribution is -0.137. The highest BCUT2D eigenvalue weighted by Gasteiger charge is 2.31. The Bertz CT molecular complexity index is 183. The Labute approximate surface area is 81.1 Å². The van der Waals surface area contributed by atoms with Crippen molar-refractivity contribution in [3.63, 3.8) is 0 Å². The maximum atomic E-state index is 10.4. The molecular formula is C8H14O6. The average molecular weight is 206 g/mol. The first kappa shape index (κ1) is 13.1. The summed E-state index contributed by atoms with van der Waals surface area (Å²) in [6.07, 6.45) is -4.92. The van der Waals surface area contributed by atoms with Crippen molar-refractivity contribution < 1.29 is 30.0 Å². The molecule has 0 spiro atoms. The molecule has 0 saturated carbocycles. The molecule has 82 valence electrons. The third-order valence-electron chi connectivity index (χ3n) is 1.66. The molecule has 0 aromatic carbocycles. The van der Waals surface area contributed by atoms with Gasteiger partial charge in [0.2, 0.25) is 0 Å². The fraction of sp³-hybridized carbons (Fsp3) is 0.625. The minimum atomic E-state index is -1.66. The van der Waals surface area contributed by atoms with Crippen LogP contribution in [0.4, 0.5) is 0 Å². The fourth-order valence-electron chi connectivity index (χ4n) is 0.834. The van der Waals surface area contributed by atoms with E-state index in [0.717, 1.165) is 6.26 Å². The SMILES string of the molecule is C=CO[C@@H](C=O)[C@@H](O)[C@H](O)[C@H](O)CO. The molecule has 0 rings (SSSR count). The summed E-state index contributed by atoms with van der Waals surface area (Å²) in [5.74, 6) is 0. The molecule has 14 heavy (non-hydrogen) atoms. The van der Waals surface area contributed by atoms with Gasteiger partial charge in [0.15, 0.2) is 12.4 Å². The summed E-state index contributed by atoms with van der Waals surface area (Å²) in [7, 11) is 0. The van der Waals surface area contributed by atoms with Crippen molar-refractivity contribution in [3.05, 3.63) is 12.8 Å². The predicted molar refractivity (Wildman–Crippen MR) is 46.2 cm³/mol. The highest BCUT2D eigenvalue weighted by atomic mass is 16.5. The van der Waals surface area contributed by atoms with Gasteiger partial charge in [0.1, 0.15) is 18.3 Å². The van der Waals surface area contributed by atoms with Crippen LogP contribution in [0.25, 0.3) is 0 Å². The van der Waals surface area contributed by atoms with E-state index < -0.39 is 31.0 Å². The standard InChI is InChI=1S/C8H14O6/c1-2-14-6(4-10)8(13)7(12)5(11)3-9/h2,4-9,11-13H,1,3H2/t5-,6+,7-,8-/m1/s1. The van der Waals surface area contributed by atoms with E-state index >= 15 is 0 Å². The molecule has 0 aromatic rings. The van der Waals surface area contributed by atoms with Crippen molar-refractivity contribution in [1.82, 2.24) is 0 Å². The Balaban J connectivity index is 4.31. The summed E-state index contributed by atoms with van der Waals surface area (Å²) >= 11 is 0. The van der Waals surface area contributed by atoms with Gasteiger partial charge in [-0.3, -0.25) is 4.79 Å². The van der Waals surface area contributed by atoms with Crippen molar-refractivity contribution in [2.45, 2.75) is 24.4 Å². The van der Waals surface area contributed by atoms with E-state index in [0.29, 0.717) is 0 Å². The van der Waals surface area contributed by atoms with Crippen LogP contribution in [0.1, 0.15) is 0 Å². The normalized spacial score (nSPS) is 19.1. The molecule has 4 atom stereocenters. The van der Waals surface area contributed by atoms with Crippen LogP contribution < -0.4 is 0 Å². The summed E-state index contributed by atoms with van der Waals surface area (Å²) in [6, 6.07) is 0. The second kappa shape index (κ2) is 6.50. The van der Waals surface area contributed by atoms with Gasteiger partial charge in [0.05, 0.1) is 12.9 Å². The van der Waals surface area contributed by atoms with Crippen LogP contribution >= 0.6 is 0 Å². The highest BCUT2D eigenvalue weighted by Crippen LogP contribution is 2.06. The number of ether oxygens (including phenoxy) is 1. The lowest BCUT2D eigenvalue weighted by atomic mass is 10.0. The average Bonchev–Trinajstić information content (AvgIpc) is 2.22. The number of hydrogen-bond acceptors (Lipinski definition) is 6. The molecule has 4 N–H and O–H groups in total. The third-order valence-corrected chi connectivity index (χ3v) is 1.66. The van der Waals surface area contributed by atoms with Crippen molar-refractivity contribution in [3.8, 4) is 0 Å². The first-order chi connectivity index (χ1) is 6.58. The molecule has 0 aliphatic carbocycles. The van der Waals surface area contributed by atoms with Crippen LogP contribution in [0, 0.1) is 0 Å². The Kier molecular flexibility index (Phi) is 6.06. The quantitative estimate of drug-likeness (QED) is 0.278. The summed E-state index contributed by atoms with van der Waals surface area (Å²) in [5, 5.41) is 35.9. The molecule has 0 amide bonds. The minimum absolute atomic E-state index is 0.264. The van der Waals surface area contributed by atoms with Crippen LogP contribution in [0.2, 0.25) is 0 Å². The molecule has 0 aromatic heterocycles. The first-order valence-electron chi connectivity index (χ1n) is 3.95. The zero-order chi connectivity index (χ0) is 11.1. The van der Waals surface area contributed by atoms with Gasteiger partial charge in [-0.15, -0.1) is 0 Å². The molecule has 0 bridgehead atoms. The van der Waals surface area contributed by atoms with Gasteiger partial charge >= 0.3 is 0 Å². The van der Waals surface area contributed by atoms with E-state index in [-0.39, 0.29) is 6.29 Å². The predicted octanol–water partition coefficient (Wildman–Crippen LogP) is -2.21. The molecule has 6 nitrogen and oxygen atoms in total. The van der Waals surface area contributed by atoms with Crippen LogP contribution in [-0.2, 0) is 9.53 Å². The number of rotatable bonds is 7. The summed E-state index contributed by atoms with van der Waals surface area (Å²) in [4.78, 5) is 10.4. The van der Waals surface area contributed by atoms with Crippen molar-refractivity contribution in [2.75, 3.05) is 6.61 Å². The number of carbonyl (C=O) groups is 1. The fourth-order valence-corrected chi connectivity index (χ4v) is 0.834. The van der Waals surface area contributed by atoms with Crippen molar-refractivity contribution >= 4 is 6.29 Å². The zero-order valence-corrected chi connectivity index (χ0v) is 7.48. The molecule has 0 saturated heterocycles. The van der Waals surface area contributed by atoms with Gasteiger partial charge in [-0.25, -0.2) is 0 Å². The van der Waals surface area contributed by atoms with E-state index in [1.165, 1.54) is 0 Å². The van der Waals surface area contributed by atoms with Crippen LogP contribution in [0.15, 0.2) is 12.8 Å². The van der Waals surface area contributed by atoms with Gasteiger partial charge in [0, 0.05) is 0 Å². The van der Waals surface area contributed by atoms with Crippen molar-refractivity contribution in [1.29, 1.82) is 0 Å². The van der Waals surface area contributed by atoms with Crippen molar-refractivity contribution in [2.24, 2.45) is 0 Å². The van der Waals surface area contributed by atoms with Gasteiger partial charge in [0.25, 0.3) is 0 Å². The maximum Gasteiger partial charge on any atom is 0.181 e. The Hall–Kier alpha value is -0.950. The van der Waals surface area contributed by atoms with Crippen LogP contribution in [0.3, 0.4) is 0 Å². The topological polar surface area (TPSA) is 107 Å². The number of aliphatic hydroxyl groups excluding tert-OH is 4. The van der Waals surface area contributed by atoms with Crippen LogP contribution in [-0.4, -0.2) is 57.7 Å². The smallest absolute Gasteiger partial charge is 0.181 e. The third kappa shape index (κ3) is 3.43. The number of aliphatic hydroxyl groups is 4. The molecule has 0 fully saturated rings. The number of hydrogen-bond donors (Lipinski definition) is 4. The zero-order valence-electron chi connectivity index (χ0n) is 7.48. The van der Waals surface area contributed by atoms with E-state index in [2.05, 4.69) is 11.3 Å². The summed E-state index contributed by atoms with van der Waals surface area (Å²) in [6.45, 7) is 2.45. The Morgan fingerprint density at radius 2 is 1.86 bits per heavy atom. The largest absolute Gasteiger partial charge is 0.488 e. The highest BCUT2D eigenvalue weighted by molar-refractivity contribution is 5.57. The second-order valence-electron chi connectivity index (χ2n) is 2.63. The lowest BCUT2D eigenvalue weighted by Gasteiger charge is -2.24. The van der Waals surface area contributed by atoms with Gasteiger partial charge < -0.3 is 25.2 Å². The monoisotopic (exact) mass is 206 g/mol. The minimum Gasteiger partial charge on any atom is -0.488 e. The molecule has 6 heteroatoms. The van der Waals surface area contributed by atoms with Gasteiger partial charge in [-0.05, 0) is 0 Å². The molecule has 0 radical (unpaired) electrons. The maximum absolute atomic E-state index is 10.4. The summed E-state index contributed by atoms with van der Waals surface area (Å²) < 4.78 is 4.56. The molecule has 0 aliphatic rings. The number of carbonyl (C=O) groups excluding carboxylic acids is 1. The van der Waals surface area contributed by atoms with E-state index in [4.69, 9.17) is 10.2 Å². The first-order valence-corrected chi connectivity index (χ1v) is 3.95. The lowest BCUT2D eigenvalue weighted by Crippen LogP contribution is -2.46. The van der Waals surface area contributed by atoms with Gasteiger partial charge in [-0.2, -0.15) is 0 Å². The second-order valence-corrected chi connectivity index (χ2v) is 2.63. The Morgan fingerprint density at radius 1 is 1.29 bits per heavy atom. The van der Waals surface area contributed by atoms with Crippen LogP contribution in [0.5, 0.6) is 0 Å². The molecule has 0 unspecified atom stereocenters. The van der Waals surface area contributed by atoms with Gasteiger partial charge in [-0.1, -0.05) is 6.58 Å². The Morgan fingerprint density at radius 3 is 2.21 bits per heavy atom. The van der Waals surface area contributed by atoms with E-state index in [1.54, 1.807) is 0 Å². The van der Waals surface area contributed by atoms with E-state index in [9.17, 15) is 15.0 Å².